The number of benzene rings is 1. The maximum Gasteiger partial charge on any atom is 0.269 e. The van der Waals surface area contributed by atoms with Crippen molar-refractivity contribution in [2.75, 3.05) is 6.61 Å². The molecule has 9 nitrogen and oxygen atoms in total. The van der Waals surface area contributed by atoms with Gasteiger partial charge in [-0.15, -0.1) is 0 Å². The minimum Gasteiger partial charge on any atom is -0.484 e. The average Bonchev–Trinajstić information content (AvgIpc) is 3.00. The van der Waals surface area contributed by atoms with Crippen LogP contribution in [-0.4, -0.2) is 32.6 Å². The van der Waals surface area contributed by atoms with Crippen LogP contribution in [0.15, 0.2) is 30.6 Å². The van der Waals surface area contributed by atoms with Crippen molar-refractivity contribution in [1.29, 1.82) is 0 Å². The third-order valence-corrected chi connectivity index (χ3v) is 2.64. The summed E-state index contributed by atoms with van der Waals surface area (Å²) in [4.78, 5) is 25.6. The number of aromatic nitrogens is 3. The molecule has 9 heteroatoms. The number of rotatable bonds is 6. The molecule has 0 radical (unpaired) electrons. The van der Waals surface area contributed by atoms with E-state index < -0.39 is 4.92 Å². The third kappa shape index (κ3) is 4.00. The van der Waals surface area contributed by atoms with Crippen LogP contribution in [0.4, 0.5) is 5.69 Å². The molecule has 0 aliphatic carbocycles. The summed E-state index contributed by atoms with van der Waals surface area (Å²) in [5.74, 6) is 0.582. The van der Waals surface area contributed by atoms with E-state index in [4.69, 9.17) is 4.74 Å². The monoisotopic (exact) mass is 291 g/mol. The van der Waals surface area contributed by atoms with Crippen molar-refractivity contribution in [3.8, 4) is 5.75 Å². The molecule has 0 aliphatic heterocycles. The molecule has 1 unspecified atom stereocenters. The summed E-state index contributed by atoms with van der Waals surface area (Å²) < 4.78 is 5.24. The Hall–Kier alpha value is -2.97. The summed E-state index contributed by atoms with van der Waals surface area (Å²) in [7, 11) is 0. The van der Waals surface area contributed by atoms with Gasteiger partial charge in [-0.2, -0.15) is 5.10 Å². The van der Waals surface area contributed by atoms with Crippen molar-refractivity contribution >= 4 is 11.6 Å². The van der Waals surface area contributed by atoms with Crippen LogP contribution in [0.2, 0.25) is 0 Å². The van der Waals surface area contributed by atoms with E-state index in [9.17, 15) is 14.9 Å². The fraction of sp³-hybridized carbons (Fsp3) is 0.250. The van der Waals surface area contributed by atoms with Crippen molar-refractivity contribution < 1.29 is 14.5 Å². The van der Waals surface area contributed by atoms with Crippen molar-refractivity contribution in [2.45, 2.75) is 13.0 Å². The Morgan fingerprint density at radius 2 is 2.19 bits per heavy atom. The molecular formula is C12H13N5O4. The van der Waals surface area contributed by atoms with Gasteiger partial charge in [0.05, 0.1) is 11.0 Å². The first-order valence-electron chi connectivity index (χ1n) is 6.08. The first-order chi connectivity index (χ1) is 10.1. The quantitative estimate of drug-likeness (QED) is 0.603. The van der Waals surface area contributed by atoms with Crippen molar-refractivity contribution in [2.24, 2.45) is 0 Å². The standard InChI is InChI=1S/C12H13N5O4/c1-8(12-13-7-14-16-12)15-11(18)6-21-10-4-2-9(3-5-10)17(19)20/h2-5,7-8H,6H2,1H3,(H,15,18)(H,13,14,16). The number of carbonyl (C=O) groups excluding carboxylic acids is 1. The molecule has 0 fully saturated rings. The summed E-state index contributed by atoms with van der Waals surface area (Å²) in [5, 5.41) is 19.5. The van der Waals surface area contributed by atoms with Gasteiger partial charge in [0.2, 0.25) is 0 Å². The molecule has 1 heterocycles. The fourth-order valence-corrected chi connectivity index (χ4v) is 1.59. The highest BCUT2D eigenvalue weighted by Gasteiger charge is 2.12. The number of nitrogens with zero attached hydrogens (tertiary/aromatic N) is 3. The van der Waals surface area contributed by atoms with Crippen molar-refractivity contribution in [1.82, 2.24) is 20.5 Å². The Labute approximate surface area is 119 Å². The minimum absolute atomic E-state index is 0.0363. The number of nitrogens with one attached hydrogen (secondary N) is 2. The van der Waals surface area contributed by atoms with Crippen LogP contribution in [0.3, 0.4) is 0 Å². The number of hydrogen-bond donors (Lipinski definition) is 2. The lowest BCUT2D eigenvalue weighted by atomic mass is 10.3. The van der Waals surface area contributed by atoms with Crippen LogP contribution in [-0.2, 0) is 4.79 Å². The maximum atomic E-state index is 11.7. The molecule has 1 amide bonds. The Bertz CT molecular complexity index is 611. The van der Waals surface area contributed by atoms with Gasteiger partial charge < -0.3 is 10.1 Å². The zero-order valence-corrected chi connectivity index (χ0v) is 11.1. The van der Waals surface area contributed by atoms with Crippen LogP contribution in [0.25, 0.3) is 0 Å². The van der Waals surface area contributed by atoms with E-state index in [0.717, 1.165) is 0 Å². The predicted molar refractivity (Wildman–Crippen MR) is 71.5 cm³/mol. The lowest BCUT2D eigenvalue weighted by Crippen LogP contribution is -2.31. The topological polar surface area (TPSA) is 123 Å². The molecule has 1 atom stereocenters. The summed E-state index contributed by atoms with van der Waals surface area (Å²) in [6.07, 6.45) is 1.35. The Morgan fingerprint density at radius 1 is 1.48 bits per heavy atom. The Morgan fingerprint density at radius 3 is 2.76 bits per heavy atom. The SMILES string of the molecule is CC(NC(=O)COc1ccc([N+](=O)[O-])cc1)c1ncn[nH]1. The highest BCUT2D eigenvalue weighted by atomic mass is 16.6. The Kier molecular flexibility index (Phi) is 4.44. The summed E-state index contributed by atoms with van der Waals surface area (Å²) >= 11 is 0. The van der Waals surface area contributed by atoms with Gasteiger partial charge in [-0.25, -0.2) is 4.98 Å². The van der Waals surface area contributed by atoms with Gasteiger partial charge in [0.1, 0.15) is 17.9 Å². The van der Waals surface area contributed by atoms with Gasteiger partial charge in [-0.05, 0) is 19.1 Å². The van der Waals surface area contributed by atoms with Gasteiger partial charge in [0, 0.05) is 12.1 Å². The second-order valence-corrected chi connectivity index (χ2v) is 4.20. The Balaban J connectivity index is 1.82. The molecule has 0 aliphatic rings. The van der Waals surface area contributed by atoms with Crippen LogP contribution >= 0.6 is 0 Å². The van der Waals surface area contributed by atoms with Crippen LogP contribution in [0.5, 0.6) is 5.75 Å². The molecule has 0 saturated heterocycles. The van der Waals surface area contributed by atoms with Crippen molar-refractivity contribution in [3.63, 3.8) is 0 Å². The molecule has 1 aromatic heterocycles. The first kappa shape index (κ1) is 14.4. The minimum atomic E-state index is -0.504. The van der Waals surface area contributed by atoms with E-state index in [-0.39, 0.29) is 24.2 Å². The number of amides is 1. The zero-order chi connectivity index (χ0) is 15.2. The summed E-state index contributed by atoms with van der Waals surface area (Å²) in [6, 6.07) is 5.17. The van der Waals surface area contributed by atoms with Gasteiger partial charge >= 0.3 is 0 Å². The van der Waals surface area contributed by atoms with E-state index in [1.807, 2.05) is 0 Å². The fourth-order valence-electron chi connectivity index (χ4n) is 1.59. The van der Waals surface area contributed by atoms with Gasteiger partial charge in [0.25, 0.3) is 11.6 Å². The predicted octanol–water partition coefficient (Wildman–Crippen LogP) is 0.969. The lowest BCUT2D eigenvalue weighted by Gasteiger charge is -2.11. The molecule has 110 valence electrons. The smallest absolute Gasteiger partial charge is 0.269 e. The van der Waals surface area contributed by atoms with Crippen molar-refractivity contribution in [3.05, 3.63) is 46.5 Å². The molecule has 2 aromatic rings. The third-order valence-electron chi connectivity index (χ3n) is 2.64. The molecule has 21 heavy (non-hydrogen) atoms. The number of nitro benzene ring substituents is 1. The number of ether oxygens (including phenoxy) is 1. The van der Waals surface area contributed by atoms with Gasteiger partial charge in [-0.3, -0.25) is 20.0 Å². The number of hydrogen-bond acceptors (Lipinski definition) is 6. The lowest BCUT2D eigenvalue weighted by molar-refractivity contribution is -0.384. The van der Waals surface area contributed by atoms with Gasteiger partial charge in [-0.1, -0.05) is 0 Å². The van der Waals surface area contributed by atoms with Crippen LogP contribution in [0, 0.1) is 10.1 Å². The highest BCUT2D eigenvalue weighted by molar-refractivity contribution is 5.77. The largest absolute Gasteiger partial charge is 0.484 e. The summed E-state index contributed by atoms with van der Waals surface area (Å²) in [6.45, 7) is 1.56. The zero-order valence-electron chi connectivity index (χ0n) is 11.1. The van der Waals surface area contributed by atoms with E-state index in [2.05, 4.69) is 20.5 Å². The van der Waals surface area contributed by atoms with E-state index in [0.29, 0.717) is 11.6 Å². The molecule has 2 rings (SSSR count). The number of nitro groups is 1. The average molecular weight is 291 g/mol. The van der Waals surface area contributed by atoms with Gasteiger partial charge in [0.15, 0.2) is 6.61 Å². The molecular weight excluding hydrogens is 278 g/mol. The number of H-pyrrole nitrogens is 1. The second kappa shape index (κ2) is 6.46. The summed E-state index contributed by atoms with van der Waals surface area (Å²) in [5.41, 5.74) is -0.0363. The number of non-ortho nitro benzene ring substituents is 1. The maximum absolute atomic E-state index is 11.7. The first-order valence-corrected chi connectivity index (χ1v) is 6.08. The molecule has 0 bridgehead atoms. The van der Waals surface area contributed by atoms with Crippen LogP contribution < -0.4 is 10.1 Å². The number of aromatic amines is 1. The normalized spacial score (nSPS) is 11.7. The van der Waals surface area contributed by atoms with E-state index >= 15 is 0 Å². The number of carbonyl (C=O) groups is 1. The molecule has 2 N–H and O–H groups in total. The van der Waals surface area contributed by atoms with E-state index in [1.54, 1.807) is 6.92 Å². The second-order valence-electron chi connectivity index (χ2n) is 4.20. The van der Waals surface area contributed by atoms with Crippen LogP contribution in [0.1, 0.15) is 18.8 Å². The molecule has 1 aromatic carbocycles. The van der Waals surface area contributed by atoms with E-state index in [1.165, 1.54) is 30.6 Å². The highest BCUT2D eigenvalue weighted by Crippen LogP contribution is 2.17. The molecule has 0 spiro atoms. The molecule has 0 saturated carbocycles.